The normalized spacial score (nSPS) is 10.7. The van der Waals surface area contributed by atoms with Crippen molar-refractivity contribution in [1.82, 2.24) is 20.2 Å². The number of rotatable bonds is 4. The molecule has 0 aromatic carbocycles. The van der Waals surface area contributed by atoms with Gasteiger partial charge in [0.1, 0.15) is 5.52 Å². The minimum absolute atomic E-state index is 0.744. The molecule has 0 radical (unpaired) electrons. The molecule has 0 atom stereocenters. The highest BCUT2D eigenvalue weighted by Crippen LogP contribution is 2.23. The van der Waals surface area contributed by atoms with E-state index in [1.165, 1.54) is 17.3 Å². The van der Waals surface area contributed by atoms with Crippen molar-refractivity contribution in [3.05, 3.63) is 17.3 Å². The molecule has 0 aliphatic heterocycles. The summed E-state index contributed by atoms with van der Waals surface area (Å²) in [4.78, 5) is 8.92. The highest BCUT2D eigenvalue weighted by Gasteiger charge is 2.11. The number of hydrogen-bond acceptors (Lipinski definition) is 5. The summed E-state index contributed by atoms with van der Waals surface area (Å²) in [6.07, 6.45) is 4.09. The molecule has 2 N–H and O–H groups in total. The Morgan fingerprint density at radius 2 is 2.11 bits per heavy atom. The zero-order valence-electron chi connectivity index (χ0n) is 11.0. The number of fused-ring (bicyclic) bond motifs is 1. The average molecular weight is 263 g/mol. The van der Waals surface area contributed by atoms with Gasteiger partial charge in [-0.2, -0.15) is 5.10 Å². The number of nitrogens with zero attached hydrogens (tertiary/aromatic N) is 3. The van der Waals surface area contributed by atoms with Crippen LogP contribution in [-0.4, -0.2) is 33.0 Å². The van der Waals surface area contributed by atoms with Crippen LogP contribution in [0, 0.1) is 6.92 Å². The zero-order valence-corrected chi connectivity index (χ0v) is 11.9. The standard InChI is InChI=1S/C12H17N5S/c1-7(2)5-6-13-11-10-9(8(3)16-17-10)14-12(15-11)18-4/h5H,6H2,1-4H3,(H,16,17)(H,13,14,15). The van der Waals surface area contributed by atoms with Gasteiger partial charge in [-0.05, 0) is 27.0 Å². The van der Waals surface area contributed by atoms with Crippen LogP contribution in [0.1, 0.15) is 19.5 Å². The number of nitrogens with one attached hydrogen (secondary N) is 2. The lowest BCUT2D eigenvalue weighted by molar-refractivity contribution is 0.998. The topological polar surface area (TPSA) is 66.5 Å². The predicted molar refractivity (Wildman–Crippen MR) is 76.1 cm³/mol. The third-order valence-corrected chi connectivity index (χ3v) is 3.06. The zero-order chi connectivity index (χ0) is 13.1. The Balaban J connectivity index is 2.38. The summed E-state index contributed by atoms with van der Waals surface area (Å²) in [7, 11) is 0. The van der Waals surface area contributed by atoms with Gasteiger partial charge < -0.3 is 5.32 Å². The molecule has 0 saturated carbocycles. The molecule has 2 aromatic heterocycles. The van der Waals surface area contributed by atoms with Gasteiger partial charge in [0.25, 0.3) is 0 Å². The maximum atomic E-state index is 4.46. The maximum Gasteiger partial charge on any atom is 0.190 e. The van der Waals surface area contributed by atoms with Crippen molar-refractivity contribution in [1.29, 1.82) is 0 Å². The molecule has 0 aliphatic rings. The van der Waals surface area contributed by atoms with E-state index in [1.807, 2.05) is 13.2 Å². The Morgan fingerprint density at radius 3 is 2.78 bits per heavy atom. The Bertz CT molecular complexity index is 583. The van der Waals surface area contributed by atoms with E-state index in [0.717, 1.165) is 34.2 Å². The molecule has 0 aliphatic carbocycles. The molecule has 5 nitrogen and oxygen atoms in total. The number of hydrogen-bond donors (Lipinski definition) is 2. The van der Waals surface area contributed by atoms with Crippen molar-refractivity contribution in [3.8, 4) is 0 Å². The van der Waals surface area contributed by atoms with E-state index in [9.17, 15) is 0 Å². The van der Waals surface area contributed by atoms with Gasteiger partial charge >= 0.3 is 0 Å². The number of aromatic amines is 1. The van der Waals surface area contributed by atoms with Gasteiger partial charge in [0.05, 0.1) is 5.69 Å². The van der Waals surface area contributed by atoms with Crippen LogP contribution < -0.4 is 5.32 Å². The Kier molecular flexibility index (Phi) is 3.86. The van der Waals surface area contributed by atoms with Gasteiger partial charge in [0, 0.05) is 6.54 Å². The monoisotopic (exact) mass is 263 g/mol. The highest BCUT2D eigenvalue weighted by molar-refractivity contribution is 7.98. The molecular weight excluding hydrogens is 246 g/mol. The van der Waals surface area contributed by atoms with Crippen molar-refractivity contribution >= 4 is 28.6 Å². The van der Waals surface area contributed by atoms with Crippen LogP contribution in [0.4, 0.5) is 5.82 Å². The van der Waals surface area contributed by atoms with E-state index >= 15 is 0 Å². The van der Waals surface area contributed by atoms with Crippen molar-refractivity contribution in [2.75, 3.05) is 18.1 Å². The third kappa shape index (κ3) is 2.64. The predicted octanol–water partition coefficient (Wildman–Crippen LogP) is 2.76. The van der Waals surface area contributed by atoms with Crippen molar-refractivity contribution < 1.29 is 0 Å². The highest BCUT2D eigenvalue weighted by atomic mass is 32.2. The number of thioether (sulfide) groups is 1. The van der Waals surface area contributed by atoms with Crippen LogP contribution in [0.15, 0.2) is 16.8 Å². The second kappa shape index (κ2) is 5.39. The first-order chi connectivity index (χ1) is 8.61. The molecule has 0 fully saturated rings. The fourth-order valence-electron chi connectivity index (χ4n) is 1.56. The Hall–Kier alpha value is -1.56. The van der Waals surface area contributed by atoms with Gasteiger partial charge in [-0.15, -0.1) is 0 Å². The van der Waals surface area contributed by atoms with Gasteiger partial charge in [-0.1, -0.05) is 23.4 Å². The molecule has 0 amide bonds. The van der Waals surface area contributed by atoms with E-state index < -0.39 is 0 Å². The number of allylic oxidation sites excluding steroid dienone is 1. The maximum absolute atomic E-state index is 4.46. The first-order valence-electron chi connectivity index (χ1n) is 5.75. The lowest BCUT2D eigenvalue weighted by atomic mass is 10.3. The molecule has 0 saturated heterocycles. The number of anilines is 1. The summed E-state index contributed by atoms with van der Waals surface area (Å²) in [6, 6.07) is 0. The third-order valence-electron chi connectivity index (χ3n) is 2.52. The lowest BCUT2D eigenvalue weighted by Gasteiger charge is -2.05. The Labute approximate surface area is 110 Å². The quantitative estimate of drug-likeness (QED) is 0.504. The molecule has 18 heavy (non-hydrogen) atoms. The van der Waals surface area contributed by atoms with Crippen molar-refractivity contribution in [3.63, 3.8) is 0 Å². The molecule has 0 spiro atoms. The van der Waals surface area contributed by atoms with E-state index in [-0.39, 0.29) is 0 Å². The minimum atomic E-state index is 0.744. The first-order valence-corrected chi connectivity index (χ1v) is 6.98. The van der Waals surface area contributed by atoms with Crippen LogP contribution in [0.3, 0.4) is 0 Å². The van der Waals surface area contributed by atoms with Crippen molar-refractivity contribution in [2.45, 2.75) is 25.9 Å². The molecule has 96 valence electrons. The van der Waals surface area contributed by atoms with E-state index in [2.05, 4.69) is 45.4 Å². The fourth-order valence-corrected chi connectivity index (χ4v) is 1.93. The van der Waals surface area contributed by atoms with Crippen molar-refractivity contribution in [2.24, 2.45) is 0 Å². The SMILES string of the molecule is CSc1nc(NCC=C(C)C)c2n[nH]c(C)c2n1. The largest absolute Gasteiger partial charge is 0.365 e. The van der Waals surface area contributed by atoms with E-state index in [0.29, 0.717) is 0 Å². The lowest BCUT2D eigenvalue weighted by Crippen LogP contribution is -2.03. The molecule has 0 bridgehead atoms. The Morgan fingerprint density at radius 1 is 1.33 bits per heavy atom. The van der Waals surface area contributed by atoms with E-state index in [4.69, 9.17) is 0 Å². The molecule has 0 unspecified atom stereocenters. The van der Waals surface area contributed by atoms with Crippen LogP contribution in [0.2, 0.25) is 0 Å². The summed E-state index contributed by atoms with van der Waals surface area (Å²) < 4.78 is 0. The minimum Gasteiger partial charge on any atom is -0.365 e. The number of aromatic nitrogens is 4. The fraction of sp³-hybridized carbons (Fsp3) is 0.417. The van der Waals surface area contributed by atoms with Crippen LogP contribution in [0.5, 0.6) is 0 Å². The number of H-pyrrole nitrogens is 1. The van der Waals surface area contributed by atoms with Crippen LogP contribution in [-0.2, 0) is 0 Å². The second-order valence-corrected chi connectivity index (χ2v) is 5.04. The summed E-state index contributed by atoms with van der Waals surface area (Å²) in [5, 5.41) is 11.2. The molecular formula is C12H17N5S. The van der Waals surface area contributed by atoms with E-state index in [1.54, 1.807) is 0 Å². The number of aryl methyl sites for hydroxylation is 1. The van der Waals surface area contributed by atoms with Crippen LogP contribution >= 0.6 is 11.8 Å². The van der Waals surface area contributed by atoms with Gasteiger partial charge in [-0.3, -0.25) is 5.10 Å². The second-order valence-electron chi connectivity index (χ2n) is 4.27. The summed E-state index contributed by atoms with van der Waals surface area (Å²) in [5.74, 6) is 0.784. The van der Waals surface area contributed by atoms with Gasteiger partial charge in [-0.25, -0.2) is 9.97 Å². The van der Waals surface area contributed by atoms with Gasteiger partial charge in [0.15, 0.2) is 16.5 Å². The van der Waals surface area contributed by atoms with Gasteiger partial charge in [0.2, 0.25) is 0 Å². The molecule has 6 heteroatoms. The molecule has 2 rings (SSSR count). The first kappa shape index (κ1) is 12.9. The molecule has 2 heterocycles. The summed E-state index contributed by atoms with van der Waals surface area (Å²) >= 11 is 1.53. The summed E-state index contributed by atoms with van der Waals surface area (Å²) in [6.45, 7) is 6.85. The average Bonchev–Trinajstić information content (AvgIpc) is 2.71. The molecule has 2 aromatic rings. The summed E-state index contributed by atoms with van der Waals surface area (Å²) in [5.41, 5.74) is 3.92. The van der Waals surface area contributed by atoms with Crippen LogP contribution in [0.25, 0.3) is 11.0 Å². The smallest absolute Gasteiger partial charge is 0.190 e.